The second-order valence-electron chi connectivity index (χ2n) is 6.90. The molecule has 6 atom stereocenters. The molecule has 2 heterocycles. The van der Waals surface area contributed by atoms with E-state index in [4.69, 9.17) is 14.2 Å². The van der Waals surface area contributed by atoms with Crippen LogP contribution in [0.2, 0.25) is 0 Å². The van der Waals surface area contributed by atoms with Gasteiger partial charge in [-0.25, -0.2) is 4.79 Å². The molecule has 0 radical (unpaired) electrons. The predicted molar refractivity (Wildman–Crippen MR) is 85.0 cm³/mol. The Morgan fingerprint density at radius 2 is 2.08 bits per heavy atom. The van der Waals surface area contributed by atoms with Gasteiger partial charge < -0.3 is 29.5 Å². The third-order valence-electron chi connectivity index (χ3n) is 5.24. The largest absolute Gasteiger partial charge is 0.508 e. The van der Waals surface area contributed by atoms with E-state index in [1.165, 1.54) is 18.2 Å². The maximum atomic E-state index is 12.1. The zero-order valence-corrected chi connectivity index (χ0v) is 13.4. The highest BCUT2D eigenvalue weighted by Crippen LogP contribution is 2.53. The van der Waals surface area contributed by atoms with Crippen molar-refractivity contribution in [3.63, 3.8) is 0 Å². The minimum Gasteiger partial charge on any atom is -0.508 e. The van der Waals surface area contributed by atoms with E-state index in [0.29, 0.717) is 6.42 Å². The lowest BCUT2D eigenvalue weighted by atomic mass is 9.84. The molecular formula is C18H20O7. The quantitative estimate of drug-likeness (QED) is 0.547. The topological polar surface area (TPSA) is 105 Å². The molecule has 0 amide bonds. The number of esters is 1. The molecule has 1 aromatic rings. The van der Waals surface area contributed by atoms with Crippen molar-refractivity contribution in [2.75, 3.05) is 6.61 Å². The number of hydrogen-bond donors (Lipinski definition) is 3. The number of benzene rings is 1. The Hall–Kier alpha value is -1.93. The third-order valence-corrected chi connectivity index (χ3v) is 5.24. The molecule has 0 aromatic heterocycles. The molecule has 3 N–H and O–H groups in total. The van der Waals surface area contributed by atoms with Crippen LogP contribution in [0.25, 0.3) is 6.08 Å². The Morgan fingerprint density at radius 1 is 1.32 bits per heavy atom. The SMILES string of the molecule is O=C(/C=C/c1ccc(O)cc1)O[C@@H]1C[C@@]2(O)CO[C@H]3O[C@H](O)C[C@@H]1[C@H]32. The summed E-state index contributed by atoms with van der Waals surface area (Å²) in [6.07, 6.45) is 1.35. The first-order valence-electron chi connectivity index (χ1n) is 8.30. The van der Waals surface area contributed by atoms with Crippen molar-refractivity contribution in [3.05, 3.63) is 35.9 Å². The van der Waals surface area contributed by atoms with E-state index in [2.05, 4.69) is 0 Å². The fraction of sp³-hybridized carbons (Fsp3) is 0.500. The van der Waals surface area contributed by atoms with Crippen LogP contribution in [0, 0.1) is 11.8 Å². The van der Waals surface area contributed by atoms with Crippen LogP contribution in [-0.4, -0.2) is 52.2 Å². The number of aromatic hydroxyl groups is 1. The lowest BCUT2D eigenvalue weighted by Gasteiger charge is -2.35. The van der Waals surface area contributed by atoms with Gasteiger partial charge in [0, 0.05) is 30.8 Å². The number of rotatable bonds is 3. The Labute approximate surface area is 144 Å². The molecular weight excluding hydrogens is 328 g/mol. The summed E-state index contributed by atoms with van der Waals surface area (Å²) in [5.74, 6) is -0.859. The average molecular weight is 348 g/mol. The number of hydrogen-bond acceptors (Lipinski definition) is 7. The van der Waals surface area contributed by atoms with E-state index in [1.807, 2.05) is 0 Å². The van der Waals surface area contributed by atoms with E-state index < -0.39 is 30.3 Å². The molecule has 134 valence electrons. The number of ether oxygens (including phenoxy) is 3. The standard InChI is InChI=1S/C18H20O7/c19-11-4-1-10(2-5-11)3-6-14(20)24-13-8-18(22)9-23-17-16(18)12(13)7-15(21)25-17/h1-6,12-13,15-17,19,21-22H,7-9H2/b6-3+/t12-,13+,15-,16+,17-,18+/m0/s1. The summed E-state index contributed by atoms with van der Waals surface area (Å²) < 4.78 is 16.3. The lowest BCUT2D eigenvalue weighted by Crippen LogP contribution is -2.44. The molecule has 2 saturated heterocycles. The van der Waals surface area contributed by atoms with Crippen molar-refractivity contribution in [2.24, 2.45) is 11.8 Å². The molecule has 2 aliphatic heterocycles. The van der Waals surface area contributed by atoms with Gasteiger partial charge in [0.25, 0.3) is 0 Å². The first-order chi connectivity index (χ1) is 11.9. The number of phenols is 1. The van der Waals surface area contributed by atoms with E-state index in [0.717, 1.165) is 5.56 Å². The molecule has 25 heavy (non-hydrogen) atoms. The van der Waals surface area contributed by atoms with Gasteiger partial charge in [0.2, 0.25) is 0 Å². The van der Waals surface area contributed by atoms with Crippen LogP contribution in [0.4, 0.5) is 0 Å². The summed E-state index contributed by atoms with van der Waals surface area (Å²) in [4.78, 5) is 12.1. The molecule has 1 aromatic carbocycles. The first-order valence-corrected chi connectivity index (χ1v) is 8.30. The second-order valence-corrected chi connectivity index (χ2v) is 6.90. The lowest BCUT2D eigenvalue weighted by molar-refractivity contribution is -0.266. The number of aliphatic hydroxyl groups is 2. The molecule has 3 fully saturated rings. The van der Waals surface area contributed by atoms with Crippen LogP contribution < -0.4 is 0 Å². The van der Waals surface area contributed by atoms with E-state index in [1.54, 1.807) is 18.2 Å². The highest BCUT2D eigenvalue weighted by molar-refractivity contribution is 5.87. The highest BCUT2D eigenvalue weighted by atomic mass is 16.7. The first kappa shape index (κ1) is 16.5. The van der Waals surface area contributed by atoms with Gasteiger partial charge in [-0.05, 0) is 23.8 Å². The molecule has 0 spiro atoms. The maximum absolute atomic E-state index is 12.1. The summed E-state index contributed by atoms with van der Waals surface area (Å²) in [6, 6.07) is 6.42. The van der Waals surface area contributed by atoms with Gasteiger partial charge in [-0.15, -0.1) is 0 Å². The number of carbonyl (C=O) groups excluding carboxylic acids is 1. The zero-order valence-electron chi connectivity index (χ0n) is 13.4. The van der Waals surface area contributed by atoms with Gasteiger partial charge in [-0.2, -0.15) is 0 Å². The van der Waals surface area contributed by atoms with Crippen LogP contribution in [0.5, 0.6) is 5.75 Å². The van der Waals surface area contributed by atoms with Crippen LogP contribution in [0.1, 0.15) is 18.4 Å². The zero-order chi connectivity index (χ0) is 17.6. The summed E-state index contributed by atoms with van der Waals surface area (Å²) in [7, 11) is 0. The smallest absolute Gasteiger partial charge is 0.331 e. The van der Waals surface area contributed by atoms with Crippen molar-refractivity contribution >= 4 is 12.0 Å². The Balaban J connectivity index is 1.44. The van der Waals surface area contributed by atoms with Crippen molar-refractivity contribution in [1.29, 1.82) is 0 Å². The Morgan fingerprint density at radius 3 is 2.84 bits per heavy atom. The number of carbonyl (C=O) groups is 1. The third kappa shape index (κ3) is 3.04. The molecule has 1 saturated carbocycles. The monoisotopic (exact) mass is 348 g/mol. The van der Waals surface area contributed by atoms with Crippen LogP contribution in [-0.2, 0) is 19.0 Å². The average Bonchev–Trinajstić information content (AvgIpc) is 3.03. The Kier molecular flexibility index (Phi) is 4.04. The van der Waals surface area contributed by atoms with Gasteiger partial charge in [0.05, 0.1) is 12.2 Å². The van der Waals surface area contributed by atoms with Crippen molar-refractivity contribution in [2.45, 2.75) is 37.1 Å². The van der Waals surface area contributed by atoms with Crippen LogP contribution in [0.15, 0.2) is 30.3 Å². The fourth-order valence-electron chi connectivity index (χ4n) is 4.14. The minimum absolute atomic E-state index is 0.114. The van der Waals surface area contributed by atoms with Crippen molar-refractivity contribution in [1.82, 2.24) is 0 Å². The van der Waals surface area contributed by atoms with Gasteiger partial charge in [-0.3, -0.25) is 0 Å². The van der Waals surface area contributed by atoms with E-state index in [9.17, 15) is 20.1 Å². The van der Waals surface area contributed by atoms with Gasteiger partial charge in [0.1, 0.15) is 11.9 Å². The fourth-order valence-corrected chi connectivity index (χ4v) is 4.14. The molecule has 4 rings (SSSR count). The van der Waals surface area contributed by atoms with Gasteiger partial charge in [0.15, 0.2) is 12.6 Å². The van der Waals surface area contributed by atoms with E-state index in [-0.39, 0.29) is 30.6 Å². The summed E-state index contributed by atoms with van der Waals surface area (Å²) in [5, 5.41) is 29.8. The molecule has 0 bridgehead atoms. The highest BCUT2D eigenvalue weighted by Gasteiger charge is 2.64. The predicted octanol–water partition coefficient (Wildman–Crippen LogP) is 0.779. The summed E-state index contributed by atoms with van der Waals surface area (Å²) in [5.41, 5.74) is -0.326. The second kappa shape index (κ2) is 6.10. The summed E-state index contributed by atoms with van der Waals surface area (Å²) >= 11 is 0. The molecule has 7 nitrogen and oxygen atoms in total. The van der Waals surface area contributed by atoms with Crippen LogP contribution in [0.3, 0.4) is 0 Å². The van der Waals surface area contributed by atoms with E-state index >= 15 is 0 Å². The van der Waals surface area contributed by atoms with Crippen LogP contribution >= 0.6 is 0 Å². The number of aliphatic hydroxyl groups excluding tert-OH is 1. The minimum atomic E-state index is -1.08. The molecule has 3 aliphatic rings. The molecule has 1 aliphatic carbocycles. The number of phenolic OH excluding ortho intramolecular Hbond substituents is 1. The molecule has 0 unspecified atom stereocenters. The summed E-state index contributed by atoms with van der Waals surface area (Å²) in [6.45, 7) is 0.114. The molecule has 7 heteroatoms. The van der Waals surface area contributed by atoms with Crippen molar-refractivity contribution < 1.29 is 34.3 Å². The van der Waals surface area contributed by atoms with Gasteiger partial charge in [-0.1, -0.05) is 12.1 Å². The Bertz CT molecular complexity index is 685. The normalized spacial score (nSPS) is 39.5. The van der Waals surface area contributed by atoms with Gasteiger partial charge >= 0.3 is 5.97 Å². The maximum Gasteiger partial charge on any atom is 0.331 e. The van der Waals surface area contributed by atoms with Crippen molar-refractivity contribution in [3.8, 4) is 5.75 Å².